The lowest BCUT2D eigenvalue weighted by atomic mass is 10.2. The topological polar surface area (TPSA) is 55.4 Å². The second kappa shape index (κ2) is 5.46. The van der Waals surface area contributed by atoms with E-state index in [1.165, 1.54) is 6.92 Å². The summed E-state index contributed by atoms with van der Waals surface area (Å²) >= 11 is 0. The molecule has 1 N–H and O–H groups in total. The Hall–Kier alpha value is -1.27. The summed E-state index contributed by atoms with van der Waals surface area (Å²) in [5.74, 6) is -0.996. The van der Waals surface area contributed by atoms with Gasteiger partial charge in [-0.25, -0.2) is 0 Å². The highest BCUT2D eigenvalue weighted by atomic mass is 19.4. The highest BCUT2D eigenvalue weighted by Crippen LogP contribution is 2.14. The Kier molecular flexibility index (Phi) is 4.96. The van der Waals surface area contributed by atoms with Crippen molar-refractivity contribution in [2.75, 3.05) is 6.61 Å². The molecule has 1 amide bonds. The SMILES string of the molecule is CC(CC(=O)OCC(F)(F)F)NC=O. The second-order valence-corrected chi connectivity index (χ2v) is 2.67. The van der Waals surface area contributed by atoms with Crippen LogP contribution in [0.25, 0.3) is 0 Å². The van der Waals surface area contributed by atoms with E-state index < -0.39 is 24.8 Å². The van der Waals surface area contributed by atoms with Gasteiger partial charge in [0, 0.05) is 6.04 Å². The van der Waals surface area contributed by atoms with Crippen LogP contribution in [0.2, 0.25) is 0 Å². The van der Waals surface area contributed by atoms with Crippen LogP contribution < -0.4 is 5.32 Å². The van der Waals surface area contributed by atoms with E-state index in [-0.39, 0.29) is 6.42 Å². The molecule has 0 aromatic heterocycles. The first-order chi connectivity index (χ1) is 6.35. The molecule has 0 fully saturated rings. The van der Waals surface area contributed by atoms with E-state index in [0.717, 1.165) is 0 Å². The molecule has 7 heteroatoms. The van der Waals surface area contributed by atoms with Gasteiger partial charge in [0.2, 0.25) is 6.41 Å². The monoisotopic (exact) mass is 213 g/mol. The van der Waals surface area contributed by atoms with Gasteiger partial charge in [-0.15, -0.1) is 0 Å². The van der Waals surface area contributed by atoms with Crippen molar-refractivity contribution in [3.05, 3.63) is 0 Å². The van der Waals surface area contributed by atoms with Crippen molar-refractivity contribution >= 4 is 12.4 Å². The quantitative estimate of drug-likeness (QED) is 0.538. The Balaban J connectivity index is 3.70. The molecule has 0 spiro atoms. The van der Waals surface area contributed by atoms with Crippen molar-refractivity contribution in [3.63, 3.8) is 0 Å². The Morgan fingerprint density at radius 2 is 2.14 bits per heavy atom. The number of nitrogens with one attached hydrogen (secondary N) is 1. The number of esters is 1. The smallest absolute Gasteiger partial charge is 0.422 e. The number of carbonyl (C=O) groups is 2. The maximum absolute atomic E-state index is 11.6. The number of alkyl halides is 3. The molecule has 0 saturated carbocycles. The maximum atomic E-state index is 11.6. The molecule has 1 unspecified atom stereocenters. The summed E-state index contributed by atoms with van der Waals surface area (Å²) in [5, 5.41) is 2.21. The number of halogens is 3. The van der Waals surface area contributed by atoms with Crippen LogP contribution >= 0.6 is 0 Å². The first-order valence-corrected chi connectivity index (χ1v) is 3.77. The largest absolute Gasteiger partial charge is 0.456 e. The van der Waals surface area contributed by atoms with E-state index in [9.17, 15) is 22.8 Å². The average Bonchev–Trinajstić information content (AvgIpc) is 2.00. The minimum Gasteiger partial charge on any atom is -0.456 e. The van der Waals surface area contributed by atoms with Gasteiger partial charge >= 0.3 is 12.1 Å². The van der Waals surface area contributed by atoms with Crippen molar-refractivity contribution in [1.82, 2.24) is 5.32 Å². The predicted octanol–water partition coefficient (Wildman–Crippen LogP) is 0.617. The molecule has 0 aliphatic rings. The summed E-state index contributed by atoms with van der Waals surface area (Å²) in [6.07, 6.45) is -4.44. The van der Waals surface area contributed by atoms with Gasteiger partial charge in [0.25, 0.3) is 0 Å². The minimum atomic E-state index is -4.52. The van der Waals surface area contributed by atoms with Crippen molar-refractivity contribution in [1.29, 1.82) is 0 Å². The Labute approximate surface area is 78.4 Å². The molecule has 0 radical (unpaired) electrons. The first-order valence-electron chi connectivity index (χ1n) is 3.77. The van der Waals surface area contributed by atoms with E-state index in [4.69, 9.17) is 0 Å². The van der Waals surface area contributed by atoms with E-state index in [1.807, 2.05) is 0 Å². The summed E-state index contributed by atoms with van der Waals surface area (Å²) in [5.41, 5.74) is 0. The molecule has 0 rings (SSSR count). The van der Waals surface area contributed by atoms with Crippen molar-refractivity contribution in [2.24, 2.45) is 0 Å². The standard InChI is InChI=1S/C7H10F3NO3/c1-5(11-4-12)2-6(13)14-3-7(8,9)10/h4-5H,2-3H2,1H3,(H,11,12). The van der Waals surface area contributed by atoms with E-state index >= 15 is 0 Å². The van der Waals surface area contributed by atoms with Gasteiger partial charge in [-0.2, -0.15) is 13.2 Å². The zero-order chi connectivity index (χ0) is 11.2. The van der Waals surface area contributed by atoms with Gasteiger partial charge in [0.05, 0.1) is 6.42 Å². The zero-order valence-electron chi connectivity index (χ0n) is 7.43. The number of hydrogen-bond acceptors (Lipinski definition) is 3. The molecule has 1 atom stereocenters. The highest BCUT2D eigenvalue weighted by Gasteiger charge is 2.29. The fraction of sp³-hybridized carbons (Fsp3) is 0.714. The van der Waals surface area contributed by atoms with Crippen LogP contribution in [-0.4, -0.2) is 31.2 Å². The molecule has 0 aromatic carbocycles. The number of amides is 1. The van der Waals surface area contributed by atoms with Crippen LogP contribution in [0.3, 0.4) is 0 Å². The second-order valence-electron chi connectivity index (χ2n) is 2.67. The van der Waals surface area contributed by atoms with Gasteiger partial charge < -0.3 is 10.1 Å². The van der Waals surface area contributed by atoms with Crippen molar-refractivity contribution in [2.45, 2.75) is 25.6 Å². The van der Waals surface area contributed by atoms with Crippen molar-refractivity contribution < 1.29 is 27.5 Å². The molecule has 0 bridgehead atoms. The average molecular weight is 213 g/mol. The van der Waals surface area contributed by atoms with Gasteiger partial charge in [-0.3, -0.25) is 9.59 Å². The van der Waals surface area contributed by atoms with Crippen molar-refractivity contribution in [3.8, 4) is 0 Å². The lowest BCUT2D eigenvalue weighted by Gasteiger charge is -2.10. The molecular formula is C7H10F3NO3. The summed E-state index contributed by atoms with van der Waals surface area (Å²) < 4.78 is 38.6. The minimum absolute atomic E-state index is 0.283. The lowest BCUT2D eigenvalue weighted by Crippen LogP contribution is -2.29. The van der Waals surface area contributed by atoms with Gasteiger partial charge in [-0.05, 0) is 6.92 Å². The summed E-state index contributed by atoms with van der Waals surface area (Å²) in [7, 11) is 0. The number of rotatable bonds is 5. The molecule has 0 aromatic rings. The number of hydrogen-bond donors (Lipinski definition) is 1. The first kappa shape index (κ1) is 12.7. The zero-order valence-corrected chi connectivity index (χ0v) is 7.43. The molecule has 14 heavy (non-hydrogen) atoms. The molecular weight excluding hydrogens is 203 g/mol. The summed E-state index contributed by atoms with van der Waals surface area (Å²) in [4.78, 5) is 20.6. The summed E-state index contributed by atoms with van der Waals surface area (Å²) in [6, 6.07) is -0.534. The number of carbonyl (C=O) groups excluding carboxylic acids is 2. The van der Waals surface area contributed by atoms with Gasteiger partial charge in [0.15, 0.2) is 6.61 Å². The predicted molar refractivity (Wildman–Crippen MR) is 40.3 cm³/mol. The molecule has 82 valence electrons. The third-order valence-electron chi connectivity index (χ3n) is 1.22. The molecule has 4 nitrogen and oxygen atoms in total. The van der Waals surface area contributed by atoms with E-state index in [2.05, 4.69) is 10.1 Å². The summed E-state index contributed by atoms with van der Waals surface area (Å²) in [6.45, 7) is -0.122. The van der Waals surface area contributed by atoms with Crippen LogP contribution in [0, 0.1) is 0 Å². The fourth-order valence-electron chi connectivity index (χ4n) is 0.646. The normalized spacial score (nSPS) is 13.1. The molecule has 0 saturated heterocycles. The van der Waals surface area contributed by atoms with Crippen LogP contribution in [-0.2, 0) is 14.3 Å². The van der Waals surface area contributed by atoms with Gasteiger partial charge in [0.1, 0.15) is 0 Å². The van der Waals surface area contributed by atoms with Crippen LogP contribution in [0.15, 0.2) is 0 Å². The van der Waals surface area contributed by atoms with Crippen LogP contribution in [0.4, 0.5) is 13.2 Å². The third kappa shape index (κ3) is 7.38. The van der Waals surface area contributed by atoms with Crippen LogP contribution in [0.1, 0.15) is 13.3 Å². The molecule has 0 aliphatic carbocycles. The van der Waals surface area contributed by atoms with E-state index in [1.54, 1.807) is 0 Å². The lowest BCUT2D eigenvalue weighted by molar-refractivity contribution is -0.186. The Bertz CT molecular complexity index is 205. The Morgan fingerprint density at radius 3 is 2.57 bits per heavy atom. The molecule has 0 aliphatic heterocycles. The third-order valence-corrected chi connectivity index (χ3v) is 1.22. The van der Waals surface area contributed by atoms with Crippen LogP contribution in [0.5, 0.6) is 0 Å². The maximum Gasteiger partial charge on any atom is 0.422 e. The molecule has 0 heterocycles. The Morgan fingerprint density at radius 1 is 1.57 bits per heavy atom. The number of ether oxygens (including phenoxy) is 1. The van der Waals surface area contributed by atoms with E-state index in [0.29, 0.717) is 6.41 Å². The highest BCUT2D eigenvalue weighted by molar-refractivity contribution is 5.70. The fourth-order valence-corrected chi connectivity index (χ4v) is 0.646. The van der Waals surface area contributed by atoms with Gasteiger partial charge in [-0.1, -0.05) is 0 Å².